The lowest BCUT2D eigenvalue weighted by Crippen LogP contribution is -2.14. The number of ketones is 1. The highest BCUT2D eigenvalue weighted by molar-refractivity contribution is 8.03. The number of thioether (sulfide) groups is 2. The Morgan fingerprint density at radius 1 is 1.21 bits per heavy atom. The van der Waals surface area contributed by atoms with E-state index in [0.717, 1.165) is 14.4 Å². The van der Waals surface area contributed by atoms with Gasteiger partial charge in [-0.15, -0.1) is 10.2 Å². The Morgan fingerprint density at radius 3 is 2.58 bits per heavy atom. The molecule has 0 unspecified atom stereocenters. The monoisotopic (exact) mass is 381 g/mol. The molecule has 0 saturated carbocycles. The fourth-order valence-corrected chi connectivity index (χ4v) is 4.49. The van der Waals surface area contributed by atoms with Crippen LogP contribution in [0.2, 0.25) is 0 Å². The fourth-order valence-electron chi connectivity index (χ4n) is 1.69. The molecule has 128 valence electrons. The van der Waals surface area contributed by atoms with E-state index in [-0.39, 0.29) is 17.4 Å². The first-order valence-corrected chi connectivity index (χ1v) is 10.2. The molecular weight excluding hydrogens is 362 g/mol. The van der Waals surface area contributed by atoms with E-state index in [4.69, 9.17) is 0 Å². The lowest BCUT2D eigenvalue weighted by molar-refractivity contribution is -0.113. The van der Waals surface area contributed by atoms with Gasteiger partial charge in [0.25, 0.3) is 0 Å². The third-order valence-electron chi connectivity index (χ3n) is 2.81. The van der Waals surface area contributed by atoms with E-state index in [1.165, 1.54) is 30.0 Å². The van der Waals surface area contributed by atoms with E-state index in [9.17, 15) is 9.59 Å². The molecule has 0 spiro atoms. The van der Waals surface area contributed by atoms with E-state index in [1.54, 1.807) is 36.0 Å². The van der Waals surface area contributed by atoms with Crippen LogP contribution < -0.4 is 5.32 Å². The van der Waals surface area contributed by atoms with Gasteiger partial charge in [-0.2, -0.15) is 0 Å². The third kappa shape index (κ3) is 6.26. The largest absolute Gasteiger partial charge is 0.325 e. The van der Waals surface area contributed by atoms with Crippen molar-refractivity contribution >= 4 is 52.2 Å². The van der Waals surface area contributed by atoms with Gasteiger partial charge in [-0.1, -0.05) is 60.8 Å². The topological polar surface area (TPSA) is 72.0 Å². The molecule has 24 heavy (non-hydrogen) atoms. The molecule has 1 N–H and O–H groups in total. The minimum atomic E-state index is -0.132. The number of hydrogen-bond acceptors (Lipinski definition) is 7. The van der Waals surface area contributed by atoms with Crippen LogP contribution in [0.4, 0.5) is 5.69 Å². The second-order valence-corrected chi connectivity index (χ2v) is 8.98. The molecule has 2 aromatic rings. The van der Waals surface area contributed by atoms with Crippen molar-refractivity contribution < 1.29 is 9.59 Å². The number of nitrogens with one attached hydrogen (secondary N) is 1. The van der Waals surface area contributed by atoms with Crippen molar-refractivity contribution in [1.29, 1.82) is 0 Å². The van der Waals surface area contributed by atoms with Crippen LogP contribution in [0.1, 0.15) is 31.1 Å². The van der Waals surface area contributed by atoms with E-state index in [1.807, 2.05) is 0 Å². The van der Waals surface area contributed by atoms with Crippen LogP contribution in [0, 0.1) is 5.92 Å². The van der Waals surface area contributed by atoms with Crippen LogP contribution in [-0.4, -0.2) is 33.4 Å². The maximum absolute atomic E-state index is 12.0. The summed E-state index contributed by atoms with van der Waals surface area (Å²) in [6.07, 6.45) is 0. The second kappa shape index (κ2) is 9.19. The second-order valence-electron chi connectivity index (χ2n) is 5.51. The molecular formula is C16H19N3O2S3. The highest BCUT2D eigenvalue weighted by atomic mass is 32.2. The molecule has 0 aliphatic carbocycles. The number of carbonyl (C=O) groups excluding carboxylic acids is 2. The maximum atomic E-state index is 12.0. The zero-order chi connectivity index (χ0) is 17.5. The normalized spacial score (nSPS) is 10.8. The van der Waals surface area contributed by atoms with Crippen molar-refractivity contribution in [3.8, 4) is 0 Å². The van der Waals surface area contributed by atoms with Gasteiger partial charge >= 0.3 is 0 Å². The summed E-state index contributed by atoms with van der Waals surface area (Å²) in [5.74, 6) is 1.71. The zero-order valence-corrected chi connectivity index (χ0v) is 16.2. The molecule has 0 atom stereocenters. The Balaban J connectivity index is 1.83. The Labute approximate surface area is 154 Å². The number of aromatic nitrogens is 2. The highest BCUT2D eigenvalue weighted by Crippen LogP contribution is 2.29. The molecule has 0 radical (unpaired) electrons. The average molecular weight is 382 g/mol. The Kier molecular flexibility index (Phi) is 7.26. The van der Waals surface area contributed by atoms with Gasteiger partial charge in [0.2, 0.25) is 5.91 Å². The van der Waals surface area contributed by atoms with Crippen LogP contribution >= 0.6 is 34.9 Å². The number of hydrogen-bond donors (Lipinski definition) is 1. The zero-order valence-electron chi connectivity index (χ0n) is 13.7. The SMILES string of the molecule is CC(=O)c1cccc(NC(=O)CSc2nnc(SCC(C)C)s2)c1. The first-order chi connectivity index (χ1) is 11.4. The molecule has 0 bridgehead atoms. The van der Waals surface area contributed by atoms with Gasteiger partial charge in [-0.25, -0.2) is 0 Å². The van der Waals surface area contributed by atoms with Crippen molar-refractivity contribution in [3.05, 3.63) is 29.8 Å². The van der Waals surface area contributed by atoms with Gasteiger partial charge in [0.1, 0.15) is 0 Å². The molecule has 0 aliphatic rings. The van der Waals surface area contributed by atoms with Crippen molar-refractivity contribution in [2.45, 2.75) is 29.5 Å². The van der Waals surface area contributed by atoms with E-state index >= 15 is 0 Å². The molecule has 2 rings (SSSR count). The molecule has 5 nitrogen and oxygen atoms in total. The van der Waals surface area contributed by atoms with Crippen LogP contribution in [0.25, 0.3) is 0 Å². The highest BCUT2D eigenvalue weighted by Gasteiger charge is 2.10. The first kappa shape index (κ1) is 19.0. The Bertz CT molecular complexity index is 716. The third-order valence-corrected chi connectivity index (χ3v) is 6.42. The summed E-state index contributed by atoms with van der Waals surface area (Å²) >= 11 is 4.56. The number of nitrogens with zero attached hydrogens (tertiary/aromatic N) is 2. The van der Waals surface area contributed by atoms with E-state index in [0.29, 0.717) is 17.2 Å². The number of amides is 1. The fraction of sp³-hybridized carbons (Fsp3) is 0.375. The summed E-state index contributed by atoms with van der Waals surface area (Å²) in [5, 5.41) is 11.0. The van der Waals surface area contributed by atoms with Crippen LogP contribution in [0.3, 0.4) is 0 Å². The van der Waals surface area contributed by atoms with Crippen LogP contribution in [0.5, 0.6) is 0 Å². The molecule has 1 aromatic heterocycles. The molecule has 0 fully saturated rings. The average Bonchev–Trinajstić information content (AvgIpc) is 2.99. The molecule has 0 aliphatic heterocycles. The quantitative estimate of drug-likeness (QED) is 0.545. The van der Waals surface area contributed by atoms with Crippen molar-refractivity contribution in [2.24, 2.45) is 5.92 Å². The number of anilines is 1. The number of carbonyl (C=O) groups is 2. The van der Waals surface area contributed by atoms with Gasteiger partial charge in [-0.3, -0.25) is 9.59 Å². The van der Waals surface area contributed by atoms with E-state index < -0.39 is 0 Å². The summed E-state index contributed by atoms with van der Waals surface area (Å²) in [6.45, 7) is 5.82. The summed E-state index contributed by atoms with van der Waals surface area (Å²) in [5.41, 5.74) is 1.20. The van der Waals surface area contributed by atoms with Gasteiger partial charge in [0.05, 0.1) is 5.75 Å². The number of Topliss-reactive ketones (excluding diaryl/α,β-unsaturated/α-hetero) is 1. The number of benzene rings is 1. The summed E-state index contributed by atoms with van der Waals surface area (Å²) in [4.78, 5) is 23.4. The lowest BCUT2D eigenvalue weighted by atomic mass is 10.1. The number of rotatable bonds is 8. The molecule has 1 aromatic carbocycles. The summed E-state index contributed by atoms with van der Waals surface area (Å²) < 4.78 is 1.72. The van der Waals surface area contributed by atoms with Crippen LogP contribution in [0.15, 0.2) is 32.9 Å². The van der Waals surface area contributed by atoms with Gasteiger partial charge < -0.3 is 5.32 Å². The van der Waals surface area contributed by atoms with Gasteiger partial charge in [-0.05, 0) is 25.0 Å². The minimum Gasteiger partial charge on any atom is -0.325 e. The predicted octanol–water partition coefficient (Wildman–Crippen LogP) is 4.22. The Hall–Kier alpha value is -1.38. The van der Waals surface area contributed by atoms with Gasteiger partial charge in [0.15, 0.2) is 14.5 Å². The van der Waals surface area contributed by atoms with E-state index in [2.05, 4.69) is 29.4 Å². The molecule has 1 amide bonds. The van der Waals surface area contributed by atoms with Crippen molar-refractivity contribution in [3.63, 3.8) is 0 Å². The standard InChI is InChI=1S/C16H19N3O2S3/c1-10(2)8-22-15-18-19-16(24-15)23-9-14(21)17-13-6-4-5-12(7-13)11(3)20/h4-7,10H,8-9H2,1-3H3,(H,17,21). The first-order valence-electron chi connectivity index (χ1n) is 7.44. The molecule has 1 heterocycles. The Morgan fingerprint density at radius 2 is 1.92 bits per heavy atom. The summed E-state index contributed by atoms with van der Waals surface area (Å²) in [7, 11) is 0. The van der Waals surface area contributed by atoms with Crippen LogP contribution in [-0.2, 0) is 4.79 Å². The van der Waals surface area contributed by atoms with Crippen molar-refractivity contribution in [2.75, 3.05) is 16.8 Å². The van der Waals surface area contributed by atoms with Gasteiger partial charge in [0, 0.05) is 17.0 Å². The molecule has 8 heteroatoms. The minimum absolute atomic E-state index is 0.0271. The molecule has 0 saturated heterocycles. The predicted molar refractivity (Wildman–Crippen MR) is 101 cm³/mol. The smallest absolute Gasteiger partial charge is 0.234 e. The summed E-state index contributed by atoms with van der Waals surface area (Å²) in [6, 6.07) is 6.92. The lowest BCUT2D eigenvalue weighted by Gasteiger charge is -2.05. The van der Waals surface area contributed by atoms with Crippen molar-refractivity contribution in [1.82, 2.24) is 10.2 Å². The maximum Gasteiger partial charge on any atom is 0.234 e.